The fraction of sp³-hybridized carbons (Fsp3) is 0.652. The molecule has 2 unspecified atom stereocenters. The zero-order valence-corrected chi connectivity index (χ0v) is 21.6. The fourth-order valence-electron chi connectivity index (χ4n) is 3.86. The Kier molecular flexibility index (Phi) is 9.20. The molecule has 1 aliphatic heterocycles. The summed E-state index contributed by atoms with van der Waals surface area (Å²) in [5.74, 6) is -0.269. The number of esters is 1. The van der Waals surface area contributed by atoms with Crippen LogP contribution in [0.5, 0.6) is 0 Å². The van der Waals surface area contributed by atoms with Crippen molar-refractivity contribution in [1.82, 2.24) is 13.9 Å². The quantitative estimate of drug-likeness (QED) is 0.248. The number of hydrogen-bond acceptors (Lipinski definition) is 7. The van der Waals surface area contributed by atoms with E-state index in [1.807, 2.05) is 38.3 Å². The second kappa shape index (κ2) is 11.7. The van der Waals surface area contributed by atoms with Gasteiger partial charge in [0, 0.05) is 19.7 Å². The van der Waals surface area contributed by atoms with E-state index in [0.717, 1.165) is 37.8 Å². The lowest BCUT2D eigenvalue weighted by atomic mass is 10.2. The molecule has 0 amide bonds. The first-order chi connectivity index (χ1) is 15.8. The Hall–Kier alpha value is -1.62. The van der Waals surface area contributed by atoms with Gasteiger partial charge < -0.3 is 14.0 Å². The molecule has 0 aliphatic carbocycles. The maximum atomic E-state index is 13.0. The minimum atomic E-state index is -3.59. The number of thioether (sulfide) groups is 1. The third-order valence-corrected chi connectivity index (χ3v) is 8.91. The number of aromatic nitrogens is 2. The van der Waals surface area contributed by atoms with Gasteiger partial charge in [0.05, 0.1) is 35.2 Å². The Morgan fingerprint density at radius 1 is 1.33 bits per heavy atom. The number of ether oxygens (including phenoxy) is 2. The van der Waals surface area contributed by atoms with Gasteiger partial charge in [-0.15, -0.1) is 0 Å². The van der Waals surface area contributed by atoms with Gasteiger partial charge in [-0.1, -0.05) is 39.0 Å². The van der Waals surface area contributed by atoms with Crippen LogP contribution < -0.4 is 0 Å². The van der Waals surface area contributed by atoms with Crippen molar-refractivity contribution >= 4 is 38.8 Å². The molecule has 184 valence electrons. The third-order valence-electron chi connectivity index (χ3n) is 5.79. The summed E-state index contributed by atoms with van der Waals surface area (Å²) in [6, 6.07) is 5.08. The number of nitrogens with zero attached hydrogens (tertiary/aromatic N) is 3. The van der Waals surface area contributed by atoms with Crippen LogP contribution in [0.2, 0.25) is 0 Å². The Bertz CT molecular complexity index is 1040. The molecule has 0 bridgehead atoms. The lowest BCUT2D eigenvalue weighted by Crippen LogP contribution is -2.30. The molecule has 1 aromatic heterocycles. The van der Waals surface area contributed by atoms with E-state index < -0.39 is 15.3 Å². The number of carbonyl (C=O) groups excluding carboxylic acids is 1. The molecular weight excluding hydrogens is 462 g/mol. The number of unbranched alkanes of at least 4 members (excludes halogenated alkanes) is 1. The largest absolute Gasteiger partial charge is 0.465 e. The first-order valence-electron chi connectivity index (χ1n) is 11.8. The van der Waals surface area contributed by atoms with Gasteiger partial charge in [-0.3, -0.25) is 4.79 Å². The molecule has 3 rings (SSSR count). The Balaban J connectivity index is 1.94. The maximum Gasteiger partial charge on any atom is 0.319 e. The van der Waals surface area contributed by atoms with Crippen molar-refractivity contribution in [2.75, 3.05) is 26.3 Å². The molecule has 0 spiro atoms. The standard InChI is InChI=1S/C23H35N3O5S2/c1-5-8-13-31-22(27)17(4)32-23-24-20-15-19(33(28,29)25(6-2)7-3)11-12-21(20)26(23)16-18-10-9-14-30-18/h11-12,15,17-18H,5-10,13-14,16H2,1-4H3. The van der Waals surface area contributed by atoms with E-state index in [-0.39, 0.29) is 17.0 Å². The highest BCUT2D eigenvalue weighted by molar-refractivity contribution is 8.00. The van der Waals surface area contributed by atoms with Crippen LogP contribution in [0.3, 0.4) is 0 Å². The van der Waals surface area contributed by atoms with Crippen molar-refractivity contribution in [3.63, 3.8) is 0 Å². The first kappa shape index (κ1) is 26.0. The van der Waals surface area contributed by atoms with Gasteiger partial charge in [0.2, 0.25) is 10.0 Å². The van der Waals surface area contributed by atoms with E-state index in [1.165, 1.54) is 16.1 Å². The van der Waals surface area contributed by atoms with Crippen LogP contribution in [0.25, 0.3) is 11.0 Å². The SMILES string of the molecule is CCCCOC(=O)C(C)Sc1nc2cc(S(=O)(=O)N(CC)CC)ccc2n1CC1CCCO1. The molecule has 2 aromatic rings. The van der Waals surface area contributed by atoms with Gasteiger partial charge in [-0.25, -0.2) is 13.4 Å². The average Bonchev–Trinajstić information content (AvgIpc) is 3.42. The van der Waals surface area contributed by atoms with Crippen molar-refractivity contribution in [1.29, 1.82) is 0 Å². The number of rotatable bonds is 12. The highest BCUT2D eigenvalue weighted by Gasteiger charge is 2.26. The van der Waals surface area contributed by atoms with Crippen LogP contribution in [0.4, 0.5) is 0 Å². The van der Waals surface area contributed by atoms with Crippen LogP contribution in [0.1, 0.15) is 53.4 Å². The lowest BCUT2D eigenvalue weighted by molar-refractivity contribution is -0.142. The van der Waals surface area contributed by atoms with E-state index in [4.69, 9.17) is 14.5 Å². The molecule has 1 saturated heterocycles. The molecule has 33 heavy (non-hydrogen) atoms. The molecule has 0 N–H and O–H groups in total. The van der Waals surface area contributed by atoms with E-state index in [9.17, 15) is 13.2 Å². The normalized spacial score (nSPS) is 17.7. The Labute approximate surface area is 201 Å². The van der Waals surface area contributed by atoms with Crippen LogP contribution in [0, 0.1) is 0 Å². The molecule has 2 heterocycles. The summed E-state index contributed by atoms with van der Waals surface area (Å²) in [6.45, 7) is 10.1. The van der Waals surface area contributed by atoms with E-state index in [0.29, 0.717) is 36.9 Å². The Morgan fingerprint density at radius 2 is 2.09 bits per heavy atom. The molecule has 0 radical (unpaired) electrons. The predicted octanol–water partition coefficient (Wildman–Crippen LogP) is 4.07. The van der Waals surface area contributed by atoms with Gasteiger partial charge in [-0.05, 0) is 44.4 Å². The topological polar surface area (TPSA) is 90.7 Å². The number of benzene rings is 1. The number of fused-ring (bicyclic) bond motifs is 1. The molecular formula is C23H35N3O5S2. The van der Waals surface area contributed by atoms with Crippen molar-refractivity contribution in [3.05, 3.63) is 18.2 Å². The minimum absolute atomic E-state index is 0.0765. The summed E-state index contributed by atoms with van der Waals surface area (Å²) in [5.41, 5.74) is 1.42. The summed E-state index contributed by atoms with van der Waals surface area (Å²) in [7, 11) is -3.59. The van der Waals surface area contributed by atoms with E-state index in [1.54, 1.807) is 12.1 Å². The van der Waals surface area contributed by atoms with Crippen LogP contribution in [0.15, 0.2) is 28.3 Å². The molecule has 1 aliphatic rings. The number of carbonyl (C=O) groups is 1. The van der Waals surface area contributed by atoms with Crippen LogP contribution in [-0.2, 0) is 30.8 Å². The van der Waals surface area contributed by atoms with E-state index >= 15 is 0 Å². The van der Waals surface area contributed by atoms with Gasteiger partial charge in [-0.2, -0.15) is 4.31 Å². The summed E-state index contributed by atoms with van der Waals surface area (Å²) < 4.78 is 40.7. The van der Waals surface area contributed by atoms with Crippen molar-refractivity contribution < 1.29 is 22.7 Å². The summed E-state index contributed by atoms with van der Waals surface area (Å²) in [4.78, 5) is 17.4. The van der Waals surface area contributed by atoms with E-state index in [2.05, 4.69) is 0 Å². The molecule has 2 atom stereocenters. The molecule has 8 nitrogen and oxygen atoms in total. The number of sulfonamides is 1. The summed E-state index contributed by atoms with van der Waals surface area (Å²) in [6.07, 6.45) is 3.86. The monoisotopic (exact) mass is 497 g/mol. The zero-order chi connectivity index (χ0) is 24.0. The van der Waals surface area contributed by atoms with Gasteiger partial charge in [0.25, 0.3) is 0 Å². The van der Waals surface area contributed by atoms with Gasteiger partial charge in [0.15, 0.2) is 5.16 Å². The smallest absolute Gasteiger partial charge is 0.319 e. The number of imidazole rings is 1. The fourth-order valence-corrected chi connectivity index (χ4v) is 6.27. The number of hydrogen-bond donors (Lipinski definition) is 0. The van der Waals surface area contributed by atoms with Crippen molar-refractivity contribution in [2.45, 2.75) is 81.3 Å². The maximum absolute atomic E-state index is 13.0. The van der Waals surface area contributed by atoms with Gasteiger partial charge in [0.1, 0.15) is 5.25 Å². The van der Waals surface area contributed by atoms with Crippen LogP contribution >= 0.6 is 11.8 Å². The summed E-state index contributed by atoms with van der Waals surface area (Å²) in [5, 5.41) is 0.235. The second-order valence-corrected chi connectivity index (χ2v) is 11.4. The molecule has 1 aromatic carbocycles. The Morgan fingerprint density at radius 3 is 2.73 bits per heavy atom. The third kappa shape index (κ3) is 6.09. The second-order valence-electron chi connectivity index (χ2n) is 8.16. The zero-order valence-electron chi connectivity index (χ0n) is 20.0. The molecule has 10 heteroatoms. The molecule has 1 fully saturated rings. The molecule has 0 saturated carbocycles. The summed E-state index contributed by atoms with van der Waals surface area (Å²) >= 11 is 1.34. The predicted molar refractivity (Wildman–Crippen MR) is 130 cm³/mol. The van der Waals surface area contributed by atoms with Crippen LogP contribution in [-0.4, -0.2) is 65.9 Å². The van der Waals surface area contributed by atoms with Crippen molar-refractivity contribution in [3.8, 4) is 0 Å². The highest BCUT2D eigenvalue weighted by Crippen LogP contribution is 2.31. The van der Waals surface area contributed by atoms with Gasteiger partial charge >= 0.3 is 5.97 Å². The van der Waals surface area contributed by atoms with Crippen molar-refractivity contribution in [2.24, 2.45) is 0 Å². The highest BCUT2D eigenvalue weighted by atomic mass is 32.2. The first-order valence-corrected chi connectivity index (χ1v) is 14.1. The average molecular weight is 498 g/mol. The lowest BCUT2D eigenvalue weighted by Gasteiger charge is -2.18. The minimum Gasteiger partial charge on any atom is -0.465 e.